The standard InChI is InChI=1S/C14H18O/c1-10(2)14(15)13-9-5-7-11-6-3-4-8-12(11)13/h5,7,9-10H,3-4,6,8H2,1-2H3. The topological polar surface area (TPSA) is 17.1 Å². The van der Waals surface area contributed by atoms with Crippen LogP contribution in [0.5, 0.6) is 0 Å². The van der Waals surface area contributed by atoms with Gasteiger partial charge in [-0.25, -0.2) is 0 Å². The Balaban J connectivity index is 2.43. The van der Waals surface area contributed by atoms with Gasteiger partial charge in [0.2, 0.25) is 0 Å². The molecular formula is C14H18O. The van der Waals surface area contributed by atoms with E-state index in [0.717, 1.165) is 18.4 Å². The Hall–Kier alpha value is -1.11. The number of ketones is 1. The molecule has 0 unspecified atom stereocenters. The number of carbonyl (C=O) groups excluding carboxylic acids is 1. The maximum Gasteiger partial charge on any atom is 0.165 e. The van der Waals surface area contributed by atoms with E-state index in [9.17, 15) is 4.79 Å². The van der Waals surface area contributed by atoms with Crippen molar-refractivity contribution in [1.82, 2.24) is 0 Å². The zero-order chi connectivity index (χ0) is 10.8. The Morgan fingerprint density at radius 1 is 1.20 bits per heavy atom. The van der Waals surface area contributed by atoms with Crippen LogP contribution in [0.2, 0.25) is 0 Å². The fourth-order valence-electron chi connectivity index (χ4n) is 2.32. The number of benzene rings is 1. The Bertz CT molecular complexity index is 377. The summed E-state index contributed by atoms with van der Waals surface area (Å²) in [5.74, 6) is 0.409. The van der Waals surface area contributed by atoms with Gasteiger partial charge in [0.1, 0.15) is 0 Å². The lowest BCUT2D eigenvalue weighted by molar-refractivity contribution is 0.0938. The van der Waals surface area contributed by atoms with E-state index in [1.807, 2.05) is 26.0 Å². The molecule has 1 aromatic rings. The molecular weight excluding hydrogens is 184 g/mol. The second kappa shape index (κ2) is 4.18. The number of rotatable bonds is 2. The SMILES string of the molecule is CC(C)C(=O)c1cccc2c1CCCC2. The molecule has 0 atom stereocenters. The highest BCUT2D eigenvalue weighted by molar-refractivity contribution is 5.99. The summed E-state index contributed by atoms with van der Waals surface area (Å²) < 4.78 is 0. The minimum absolute atomic E-state index is 0.110. The number of aryl methyl sites for hydroxylation is 1. The summed E-state index contributed by atoms with van der Waals surface area (Å²) in [6.07, 6.45) is 4.74. The van der Waals surface area contributed by atoms with Crippen LogP contribution >= 0.6 is 0 Å². The van der Waals surface area contributed by atoms with Gasteiger partial charge in [-0.3, -0.25) is 4.79 Å². The molecule has 0 spiro atoms. The molecule has 1 aromatic carbocycles. The lowest BCUT2D eigenvalue weighted by Gasteiger charge is -2.19. The lowest BCUT2D eigenvalue weighted by Crippen LogP contribution is -2.14. The molecule has 0 saturated heterocycles. The normalized spacial score (nSPS) is 15.1. The molecule has 0 aromatic heterocycles. The van der Waals surface area contributed by atoms with Gasteiger partial charge in [0.15, 0.2) is 5.78 Å². The van der Waals surface area contributed by atoms with E-state index in [0.29, 0.717) is 5.78 Å². The zero-order valence-electron chi connectivity index (χ0n) is 9.55. The van der Waals surface area contributed by atoms with Crippen molar-refractivity contribution in [3.63, 3.8) is 0 Å². The van der Waals surface area contributed by atoms with Crippen LogP contribution in [0.25, 0.3) is 0 Å². The fraction of sp³-hybridized carbons (Fsp3) is 0.500. The number of carbonyl (C=O) groups is 1. The molecule has 1 aliphatic rings. The second-order valence-corrected chi connectivity index (χ2v) is 4.67. The number of Topliss-reactive ketones (excluding diaryl/α,β-unsaturated/α-hetero) is 1. The average Bonchev–Trinajstić information content (AvgIpc) is 2.27. The monoisotopic (exact) mass is 202 g/mol. The first-order chi connectivity index (χ1) is 7.20. The van der Waals surface area contributed by atoms with E-state index in [4.69, 9.17) is 0 Å². The minimum atomic E-state index is 0.110. The van der Waals surface area contributed by atoms with Gasteiger partial charge in [0.25, 0.3) is 0 Å². The van der Waals surface area contributed by atoms with Gasteiger partial charge >= 0.3 is 0 Å². The Labute approximate surface area is 91.5 Å². The summed E-state index contributed by atoms with van der Waals surface area (Å²) in [5.41, 5.74) is 3.69. The van der Waals surface area contributed by atoms with Gasteiger partial charge in [-0.1, -0.05) is 32.0 Å². The third-order valence-electron chi connectivity index (χ3n) is 3.19. The average molecular weight is 202 g/mol. The van der Waals surface area contributed by atoms with Crippen LogP contribution in [-0.4, -0.2) is 5.78 Å². The molecule has 1 nitrogen and oxygen atoms in total. The van der Waals surface area contributed by atoms with Crippen LogP contribution in [0.1, 0.15) is 48.2 Å². The van der Waals surface area contributed by atoms with Crippen molar-refractivity contribution in [3.05, 3.63) is 34.9 Å². The van der Waals surface area contributed by atoms with Crippen molar-refractivity contribution >= 4 is 5.78 Å². The van der Waals surface area contributed by atoms with Gasteiger partial charge < -0.3 is 0 Å². The highest BCUT2D eigenvalue weighted by Gasteiger charge is 2.18. The van der Waals surface area contributed by atoms with Crippen LogP contribution in [0.4, 0.5) is 0 Å². The first kappa shape index (κ1) is 10.4. The first-order valence-electron chi connectivity index (χ1n) is 5.85. The van der Waals surface area contributed by atoms with Crippen LogP contribution in [-0.2, 0) is 12.8 Å². The molecule has 0 saturated carbocycles. The molecule has 0 fully saturated rings. The van der Waals surface area contributed by atoms with E-state index >= 15 is 0 Å². The molecule has 1 aliphatic carbocycles. The maximum atomic E-state index is 12.0. The highest BCUT2D eigenvalue weighted by Crippen LogP contribution is 2.25. The molecule has 0 heterocycles. The van der Waals surface area contributed by atoms with Gasteiger partial charge in [-0.15, -0.1) is 0 Å². The number of hydrogen-bond donors (Lipinski definition) is 0. The van der Waals surface area contributed by atoms with Crippen molar-refractivity contribution in [3.8, 4) is 0 Å². The first-order valence-corrected chi connectivity index (χ1v) is 5.85. The van der Waals surface area contributed by atoms with Crippen LogP contribution in [0, 0.1) is 5.92 Å². The molecule has 2 rings (SSSR count). The Kier molecular flexibility index (Phi) is 2.90. The molecule has 15 heavy (non-hydrogen) atoms. The minimum Gasteiger partial charge on any atom is -0.294 e. The third kappa shape index (κ3) is 1.97. The van der Waals surface area contributed by atoms with Crippen LogP contribution in [0.15, 0.2) is 18.2 Å². The maximum absolute atomic E-state index is 12.0. The summed E-state index contributed by atoms with van der Waals surface area (Å²) in [6, 6.07) is 6.19. The van der Waals surface area contributed by atoms with Crippen molar-refractivity contribution in [2.24, 2.45) is 5.92 Å². The number of fused-ring (bicyclic) bond motifs is 1. The predicted molar refractivity (Wildman–Crippen MR) is 62.3 cm³/mol. The van der Waals surface area contributed by atoms with E-state index in [1.54, 1.807) is 0 Å². The van der Waals surface area contributed by atoms with Crippen molar-refractivity contribution in [2.75, 3.05) is 0 Å². The summed E-state index contributed by atoms with van der Waals surface area (Å²) in [6.45, 7) is 3.95. The summed E-state index contributed by atoms with van der Waals surface area (Å²) in [5, 5.41) is 0. The van der Waals surface area contributed by atoms with Crippen molar-refractivity contribution in [2.45, 2.75) is 39.5 Å². The Morgan fingerprint density at radius 3 is 2.67 bits per heavy atom. The molecule has 0 aliphatic heterocycles. The third-order valence-corrected chi connectivity index (χ3v) is 3.19. The van der Waals surface area contributed by atoms with Crippen LogP contribution in [0.3, 0.4) is 0 Å². The van der Waals surface area contributed by atoms with Gasteiger partial charge in [-0.2, -0.15) is 0 Å². The molecule has 0 radical (unpaired) electrons. The Morgan fingerprint density at radius 2 is 1.93 bits per heavy atom. The van der Waals surface area contributed by atoms with Gasteiger partial charge in [0, 0.05) is 11.5 Å². The lowest BCUT2D eigenvalue weighted by atomic mass is 9.85. The van der Waals surface area contributed by atoms with Gasteiger partial charge in [-0.05, 0) is 36.8 Å². The summed E-state index contributed by atoms with van der Waals surface area (Å²) in [7, 11) is 0. The smallest absolute Gasteiger partial charge is 0.165 e. The highest BCUT2D eigenvalue weighted by atomic mass is 16.1. The summed E-state index contributed by atoms with van der Waals surface area (Å²) in [4.78, 5) is 12.0. The zero-order valence-corrected chi connectivity index (χ0v) is 9.55. The van der Waals surface area contributed by atoms with E-state index in [-0.39, 0.29) is 5.92 Å². The quantitative estimate of drug-likeness (QED) is 0.672. The van der Waals surface area contributed by atoms with E-state index < -0.39 is 0 Å². The summed E-state index contributed by atoms with van der Waals surface area (Å²) >= 11 is 0. The van der Waals surface area contributed by atoms with E-state index in [2.05, 4.69) is 6.07 Å². The molecule has 0 bridgehead atoms. The predicted octanol–water partition coefficient (Wildman–Crippen LogP) is 3.40. The second-order valence-electron chi connectivity index (χ2n) is 4.67. The van der Waals surface area contributed by atoms with Crippen LogP contribution < -0.4 is 0 Å². The largest absolute Gasteiger partial charge is 0.294 e. The molecule has 0 amide bonds. The van der Waals surface area contributed by atoms with Crippen molar-refractivity contribution < 1.29 is 4.79 Å². The number of hydrogen-bond acceptors (Lipinski definition) is 1. The fourth-order valence-corrected chi connectivity index (χ4v) is 2.32. The molecule has 0 N–H and O–H groups in total. The molecule has 1 heteroatoms. The van der Waals surface area contributed by atoms with E-state index in [1.165, 1.54) is 24.0 Å². The van der Waals surface area contributed by atoms with Crippen molar-refractivity contribution in [1.29, 1.82) is 0 Å². The molecule has 80 valence electrons. The van der Waals surface area contributed by atoms with Gasteiger partial charge in [0.05, 0.1) is 0 Å².